The molecule has 0 spiro atoms. The van der Waals surface area contributed by atoms with Gasteiger partial charge in [0.25, 0.3) is 0 Å². The van der Waals surface area contributed by atoms with Gasteiger partial charge in [-0.25, -0.2) is 4.99 Å². The number of likely N-dealkylation sites (tertiary alicyclic amines) is 1. The summed E-state index contributed by atoms with van der Waals surface area (Å²) in [6, 6.07) is 8.04. The lowest BCUT2D eigenvalue weighted by atomic mass is 10.1. The summed E-state index contributed by atoms with van der Waals surface area (Å²) in [5.41, 5.74) is 1.23. The number of aliphatic imine (C=N–C) groups is 1. The molecule has 1 aliphatic heterocycles. The lowest BCUT2D eigenvalue weighted by Gasteiger charge is -2.15. The van der Waals surface area contributed by atoms with Gasteiger partial charge in [0.05, 0.1) is 7.11 Å². The predicted octanol–water partition coefficient (Wildman–Crippen LogP) is 2.03. The molecule has 140 valence electrons. The smallest absolute Gasteiger partial charge is 0.244 e. The number of halogens is 1. The number of hydrogen-bond donors (Lipinski definition) is 2. The third-order valence-corrected chi connectivity index (χ3v) is 4.04. The van der Waals surface area contributed by atoms with E-state index in [2.05, 4.69) is 27.8 Å². The fourth-order valence-corrected chi connectivity index (χ4v) is 2.67. The number of carbonyl (C=O) groups is 1. The van der Waals surface area contributed by atoms with E-state index in [4.69, 9.17) is 4.74 Å². The Morgan fingerprint density at radius 3 is 2.48 bits per heavy atom. The average Bonchev–Trinajstić information content (AvgIpc) is 3.14. The first-order chi connectivity index (χ1) is 11.7. The van der Waals surface area contributed by atoms with E-state index in [1.54, 1.807) is 7.11 Å². The van der Waals surface area contributed by atoms with Crippen molar-refractivity contribution in [3.8, 4) is 5.75 Å². The Morgan fingerprint density at radius 1 is 1.20 bits per heavy atom. The van der Waals surface area contributed by atoms with Crippen LogP contribution in [0.4, 0.5) is 0 Å². The Labute approximate surface area is 167 Å². The summed E-state index contributed by atoms with van der Waals surface area (Å²) in [6.45, 7) is 5.49. The van der Waals surface area contributed by atoms with Crippen LogP contribution in [0.3, 0.4) is 0 Å². The van der Waals surface area contributed by atoms with Gasteiger partial charge in [-0.3, -0.25) is 4.79 Å². The van der Waals surface area contributed by atoms with Gasteiger partial charge >= 0.3 is 0 Å². The fraction of sp³-hybridized carbons (Fsp3) is 0.556. The summed E-state index contributed by atoms with van der Waals surface area (Å²) in [7, 11) is 1.67. The number of nitrogens with one attached hydrogen (secondary N) is 2. The lowest BCUT2D eigenvalue weighted by molar-refractivity contribution is -0.128. The van der Waals surface area contributed by atoms with Gasteiger partial charge in [-0.2, -0.15) is 0 Å². The van der Waals surface area contributed by atoms with E-state index in [9.17, 15) is 4.79 Å². The van der Waals surface area contributed by atoms with Crippen LogP contribution in [0.2, 0.25) is 0 Å². The molecular weight excluding hydrogens is 431 g/mol. The van der Waals surface area contributed by atoms with E-state index in [1.165, 1.54) is 5.56 Å². The molecule has 25 heavy (non-hydrogen) atoms. The van der Waals surface area contributed by atoms with Crippen LogP contribution in [0.1, 0.15) is 25.3 Å². The molecule has 1 heterocycles. The minimum Gasteiger partial charge on any atom is -0.497 e. The third-order valence-electron chi connectivity index (χ3n) is 4.04. The first kappa shape index (κ1) is 21.5. The molecule has 7 heteroatoms. The van der Waals surface area contributed by atoms with Crippen LogP contribution in [-0.2, 0) is 11.2 Å². The Bertz CT molecular complexity index is 543. The Balaban J connectivity index is 0.00000312. The molecule has 1 aliphatic rings. The molecule has 1 aromatic rings. The zero-order chi connectivity index (χ0) is 17.2. The van der Waals surface area contributed by atoms with E-state index in [-0.39, 0.29) is 36.4 Å². The van der Waals surface area contributed by atoms with Crippen LogP contribution in [0, 0.1) is 0 Å². The van der Waals surface area contributed by atoms with Crippen LogP contribution >= 0.6 is 24.0 Å². The average molecular weight is 460 g/mol. The minimum atomic E-state index is 0. The van der Waals surface area contributed by atoms with Crippen LogP contribution in [0.5, 0.6) is 5.75 Å². The first-order valence-corrected chi connectivity index (χ1v) is 8.66. The molecule has 0 atom stereocenters. The van der Waals surface area contributed by atoms with Crippen molar-refractivity contribution in [3.63, 3.8) is 0 Å². The normalized spacial score (nSPS) is 14.0. The molecule has 0 radical (unpaired) electrons. The van der Waals surface area contributed by atoms with Crippen molar-refractivity contribution in [1.82, 2.24) is 15.5 Å². The number of methoxy groups -OCH3 is 1. The van der Waals surface area contributed by atoms with Gasteiger partial charge in [-0.15, -0.1) is 24.0 Å². The summed E-state index contributed by atoms with van der Waals surface area (Å²) in [5, 5.41) is 6.46. The monoisotopic (exact) mass is 460 g/mol. The van der Waals surface area contributed by atoms with E-state index in [0.29, 0.717) is 5.96 Å². The summed E-state index contributed by atoms with van der Waals surface area (Å²) in [4.78, 5) is 18.4. The molecule has 0 unspecified atom stereocenters. The number of ether oxygens (including phenoxy) is 1. The standard InChI is InChI=1S/C18H28N4O2.HI/c1-3-19-18(21-14-17(23)22-12-4-5-13-22)20-11-10-15-6-8-16(24-2)9-7-15;/h6-9H,3-5,10-14H2,1-2H3,(H2,19,20,21);1H. The van der Waals surface area contributed by atoms with Gasteiger partial charge in [0.15, 0.2) is 5.96 Å². The van der Waals surface area contributed by atoms with Gasteiger partial charge in [0.1, 0.15) is 12.3 Å². The highest BCUT2D eigenvalue weighted by Crippen LogP contribution is 2.11. The Morgan fingerprint density at radius 2 is 1.88 bits per heavy atom. The number of rotatable bonds is 7. The highest BCUT2D eigenvalue weighted by atomic mass is 127. The lowest BCUT2D eigenvalue weighted by Crippen LogP contribution is -2.39. The van der Waals surface area contributed by atoms with E-state index in [0.717, 1.165) is 51.2 Å². The molecule has 0 saturated carbocycles. The highest BCUT2D eigenvalue weighted by Gasteiger charge is 2.17. The predicted molar refractivity (Wildman–Crippen MR) is 112 cm³/mol. The zero-order valence-corrected chi connectivity index (χ0v) is 17.4. The van der Waals surface area contributed by atoms with Crippen molar-refractivity contribution >= 4 is 35.8 Å². The van der Waals surface area contributed by atoms with Gasteiger partial charge in [-0.1, -0.05) is 12.1 Å². The maximum absolute atomic E-state index is 12.1. The number of amides is 1. The molecule has 2 rings (SSSR count). The second kappa shape index (κ2) is 11.9. The molecule has 6 nitrogen and oxygen atoms in total. The maximum atomic E-state index is 12.1. The molecule has 2 N–H and O–H groups in total. The fourth-order valence-electron chi connectivity index (χ4n) is 2.67. The molecule has 0 aliphatic carbocycles. The van der Waals surface area contributed by atoms with Gasteiger partial charge in [-0.05, 0) is 43.9 Å². The maximum Gasteiger partial charge on any atom is 0.244 e. The number of benzene rings is 1. The largest absolute Gasteiger partial charge is 0.497 e. The van der Waals surface area contributed by atoms with Crippen LogP contribution < -0.4 is 15.4 Å². The van der Waals surface area contributed by atoms with Gasteiger partial charge in [0, 0.05) is 26.2 Å². The summed E-state index contributed by atoms with van der Waals surface area (Å²) >= 11 is 0. The molecule has 1 saturated heterocycles. The van der Waals surface area contributed by atoms with Crippen molar-refractivity contribution in [2.75, 3.05) is 39.8 Å². The van der Waals surface area contributed by atoms with Crippen molar-refractivity contribution < 1.29 is 9.53 Å². The molecular formula is C18H29IN4O2. The van der Waals surface area contributed by atoms with Crippen LogP contribution in [0.25, 0.3) is 0 Å². The molecule has 1 aromatic carbocycles. The SMILES string of the molecule is CCNC(=NCC(=O)N1CCCC1)NCCc1ccc(OC)cc1.I. The molecule has 0 bridgehead atoms. The minimum absolute atomic E-state index is 0. The van der Waals surface area contributed by atoms with Crippen LogP contribution in [0.15, 0.2) is 29.3 Å². The van der Waals surface area contributed by atoms with E-state index >= 15 is 0 Å². The van der Waals surface area contributed by atoms with Crippen molar-refractivity contribution in [3.05, 3.63) is 29.8 Å². The summed E-state index contributed by atoms with van der Waals surface area (Å²) in [6.07, 6.45) is 3.10. The molecule has 1 fully saturated rings. The third kappa shape index (κ3) is 7.50. The first-order valence-electron chi connectivity index (χ1n) is 8.66. The van der Waals surface area contributed by atoms with Crippen molar-refractivity contribution in [1.29, 1.82) is 0 Å². The van der Waals surface area contributed by atoms with E-state index in [1.807, 2.05) is 24.0 Å². The van der Waals surface area contributed by atoms with Gasteiger partial charge in [0.2, 0.25) is 5.91 Å². The summed E-state index contributed by atoms with van der Waals surface area (Å²) < 4.78 is 5.16. The van der Waals surface area contributed by atoms with Crippen molar-refractivity contribution in [2.45, 2.75) is 26.2 Å². The van der Waals surface area contributed by atoms with Crippen LogP contribution in [-0.4, -0.2) is 56.6 Å². The van der Waals surface area contributed by atoms with E-state index < -0.39 is 0 Å². The number of hydrogen-bond acceptors (Lipinski definition) is 3. The molecule has 1 amide bonds. The highest BCUT2D eigenvalue weighted by molar-refractivity contribution is 14.0. The quantitative estimate of drug-likeness (QED) is 0.372. The second-order valence-electron chi connectivity index (χ2n) is 5.81. The zero-order valence-electron chi connectivity index (χ0n) is 15.1. The number of guanidine groups is 1. The van der Waals surface area contributed by atoms with Gasteiger partial charge < -0.3 is 20.3 Å². The topological polar surface area (TPSA) is 66.0 Å². The van der Waals surface area contributed by atoms with Crippen molar-refractivity contribution in [2.24, 2.45) is 4.99 Å². The number of carbonyl (C=O) groups excluding carboxylic acids is 1. The number of nitrogens with zero attached hydrogens (tertiary/aromatic N) is 2. The molecule has 0 aromatic heterocycles. The Hall–Kier alpha value is -1.51. The summed E-state index contributed by atoms with van der Waals surface area (Å²) in [5.74, 6) is 1.67. The Kier molecular flexibility index (Phi) is 10.3. The second-order valence-corrected chi connectivity index (χ2v) is 5.81.